The maximum Gasteiger partial charge on any atom is 0.416 e. The van der Waals surface area contributed by atoms with Crippen molar-refractivity contribution in [2.45, 2.75) is 51.4 Å². The van der Waals surface area contributed by atoms with Crippen LogP contribution in [0.1, 0.15) is 43.7 Å². The van der Waals surface area contributed by atoms with Crippen LogP contribution in [0, 0.1) is 5.92 Å². The highest BCUT2D eigenvalue weighted by molar-refractivity contribution is 7.80. The van der Waals surface area contributed by atoms with Gasteiger partial charge in [0.2, 0.25) is 0 Å². The Hall–Kier alpha value is -1.30. The quantitative estimate of drug-likeness (QED) is 0.808. The first-order valence-electron chi connectivity index (χ1n) is 7.95. The standard InChI is InChI=1S/C17H23F3N2S/c1-12-5-3-4-6-15(12)21-16(23)22(2)11-13-7-9-14(10-8-13)17(18,19)20/h7-10,12,15H,3-6,11H2,1-2H3,(H,21,23)/t12-,15-/m0/s1. The van der Waals surface area contributed by atoms with Gasteiger partial charge in [0, 0.05) is 19.6 Å². The normalized spacial score (nSPS) is 21.8. The van der Waals surface area contributed by atoms with Crippen LogP contribution in [0.25, 0.3) is 0 Å². The molecule has 0 saturated heterocycles. The lowest BCUT2D eigenvalue weighted by molar-refractivity contribution is -0.137. The lowest BCUT2D eigenvalue weighted by atomic mass is 9.86. The summed E-state index contributed by atoms with van der Waals surface area (Å²) in [7, 11) is 1.86. The molecule has 1 saturated carbocycles. The second kappa shape index (κ2) is 7.51. The maximum atomic E-state index is 12.6. The molecule has 23 heavy (non-hydrogen) atoms. The zero-order valence-corrected chi connectivity index (χ0v) is 14.3. The molecule has 0 spiro atoms. The van der Waals surface area contributed by atoms with Gasteiger partial charge in [-0.3, -0.25) is 0 Å². The van der Waals surface area contributed by atoms with E-state index in [9.17, 15) is 13.2 Å². The molecule has 1 aromatic rings. The van der Waals surface area contributed by atoms with Crippen LogP contribution in [0.5, 0.6) is 0 Å². The van der Waals surface area contributed by atoms with Crippen LogP contribution in [0.15, 0.2) is 24.3 Å². The Labute approximate surface area is 141 Å². The summed E-state index contributed by atoms with van der Waals surface area (Å²) in [6.45, 7) is 2.72. The first kappa shape index (κ1) is 18.0. The van der Waals surface area contributed by atoms with E-state index in [0.29, 0.717) is 23.6 Å². The highest BCUT2D eigenvalue weighted by Gasteiger charge is 2.30. The summed E-state index contributed by atoms with van der Waals surface area (Å²) in [4.78, 5) is 1.87. The highest BCUT2D eigenvalue weighted by Crippen LogP contribution is 2.29. The maximum absolute atomic E-state index is 12.6. The van der Waals surface area contributed by atoms with Crippen LogP contribution < -0.4 is 5.32 Å². The summed E-state index contributed by atoms with van der Waals surface area (Å²) in [5.41, 5.74) is 0.182. The Balaban J connectivity index is 1.90. The minimum absolute atomic E-state index is 0.395. The molecule has 2 rings (SSSR count). The Morgan fingerprint density at radius 1 is 1.22 bits per heavy atom. The summed E-state index contributed by atoms with van der Waals surface area (Å²) < 4.78 is 37.7. The molecule has 128 valence electrons. The second-order valence-corrected chi connectivity index (χ2v) is 6.76. The van der Waals surface area contributed by atoms with Crippen LogP contribution in [0.2, 0.25) is 0 Å². The Bertz CT molecular complexity index is 528. The van der Waals surface area contributed by atoms with E-state index in [2.05, 4.69) is 12.2 Å². The number of hydrogen-bond donors (Lipinski definition) is 1. The lowest BCUT2D eigenvalue weighted by Crippen LogP contribution is -2.46. The predicted octanol–water partition coefficient (Wildman–Crippen LogP) is 4.59. The fourth-order valence-electron chi connectivity index (χ4n) is 2.94. The van der Waals surface area contributed by atoms with Crippen molar-refractivity contribution in [2.24, 2.45) is 5.92 Å². The first-order chi connectivity index (χ1) is 10.8. The molecule has 1 aliphatic carbocycles. The van der Waals surface area contributed by atoms with Crippen LogP contribution in [0.4, 0.5) is 13.2 Å². The molecular weight excluding hydrogens is 321 g/mol. The Kier molecular flexibility index (Phi) is 5.89. The predicted molar refractivity (Wildman–Crippen MR) is 90.1 cm³/mol. The van der Waals surface area contributed by atoms with Crippen LogP contribution >= 0.6 is 12.2 Å². The molecule has 1 aromatic carbocycles. The smallest absolute Gasteiger partial charge is 0.360 e. The van der Waals surface area contributed by atoms with Crippen molar-refractivity contribution in [3.05, 3.63) is 35.4 Å². The van der Waals surface area contributed by atoms with Gasteiger partial charge < -0.3 is 10.2 Å². The van der Waals surface area contributed by atoms with Crippen LogP contribution in [-0.4, -0.2) is 23.1 Å². The van der Waals surface area contributed by atoms with E-state index in [1.807, 2.05) is 11.9 Å². The van der Waals surface area contributed by atoms with Gasteiger partial charge in [-0.05, 0) is 48.7 Å². The van der Waals surface area contributed by atoms with Gasteiger partial charge in [-0.1, -0.05) is 31.9 Å². The average Bonchev–Trinajstić information content (AvgIpc) is 2.49. The van der Waals surface area contributed by atoms with Gasteiger partial charge in [-0.25, -0.2) is 0 Å². The highest BCUT2D eigenvalue weighted by atomic mass is 32.1. The van der Waals surface area contributed by atoms with Gasteiger partial charge in [-0.2, -0.15) is 13.2 Å². The van der Waals surface area contributed by atoms with Gasteiger partial charge in [0.15, 0.2) is 5.11 Å². The van der Waals surface area contributed by atoms with E-state index in [4.69, 9.17) is 12.2 Å². The van der Waals surface area contributed by atoms with Gasteiger partial charge >= 0.3 is 6.18 Å². The topological polar surface area (TPSA) is 15.3 Å². The van der Waals surface area contributed by atoms with E-state index in [1.54, 1.807) is 0 Å². The average molecular weight is 344 g/mol. The molecule has 0 aliphatic heterocycles. The molecule has 2 nitrogen and oxygen atoms in total. The number of nitrogens with zero attached hydrogens (tertiary/aromatic N) is 1. The van der Waals surface area contributed by atoms with E-state index < -0.39 is 11.7 Å². The zero-order chi connectivity index (χ0) is 17.0. The van der Waals surface area contributed by atoms with Crippen LogP contribution in [0.3, 0.4) is 0 Å². The molecule has 1 aliphatic rings. The van der Waals surface area contributed by atoms with E-state index in [0.717, 1.165) is 24.1 Å². The monoisotopic (exact) mass is 344 g/mol. The van der Waals surface area contributed by atoms with Gasteiger partial charge in [0.25, 0.3) is 0 Å². The van der Waals surface area contributed by atoms with Gasteiger partial charge in [-0.15, -0.1) is 0 Å². The van der Waals surface area contributed by atoms with Crippen molar-refractivity contribution in [1.29, 1.82) is 0 Å². The van der Waals surface area contributed by atoms with Crippen molar-refractivity contribution in [1.82, 2.24) is 10.2 Å². The van der Waals surface area contributed by atoms with Crippen molar-refractivity contribution in [2.75, 3.05) is 7.05 Å². The third-order valence-electron chi connectivity index (χ3n) is 4.47. The molecule has 0 aromatic heterocycles. The van der Waals surface area contributed by atoms with Crippen molar-refractivity contribution >= 4 is 17.3 Å². The van der Waals surface area contributed by atoms with Crippen molar-refractivity contribution in [3.63, 3.8) is 0 Å². The zero-order valence-electron chi connectivity index (χ0n) is 13.5. The minimum Gasteiger partial charge on any atom is -0.360 e. The molecule has 6 heteroatoms. The first-order valence-corrected chi connectivity index (χ1v) is 8.36. The van der Waals surface area contributed by atoms with Crippen LogP contribution in [-0.2, 0) is 12.7 Å². The van der Waals surface area contributed by atoms with E-state index in [1.165, 1.54) is 31.4 Å². The summed E-state index contributed by atoms with van der Waals surface area (Å²) >= 11 is 5.43. The number of nitrogens with one attached hydrogen (secondary N) is 1. The molecule has 0 radical (unpaired) electrons. The number of halogens is 3. The molecule has 1 fully saturated rings. The molecule has 1 N–H and O–H groups in total. The summed E-state index contributed by atoms with van der Waals surface area (Å²) in [6.07, 6.45) is 0.525. The Morgan fingerprint density at radius 3 is 2.39 bits per heavy atom. The Morgan fingerprint density at radius 2 is 1.83 bits per heavy atom. The van der Waals surface area contributed by atoms with E-state index >= 15 is 0 Å². The molecule has 0 heterocycles. The molecular formula is C17H23F3N2S. The number of hydrogen-bond acceptors (Lipinski definition) is 1. The van der Waals surface area contributed by atoms with Crippen molar-refractivity contribution in [3.8, 4) is 0 Å². The number of alkyl halides is 3. The lowest BCUT2D eigenvalue weighted by Gasteiger charge is -2.33. The summed E-state index contributed by atoms with van der Waals surface area (Å²) in [5.74, 6) is 0.598. The molecule has 0 bridgehead atoms. The third kappa shape index (κ3) is 5.09. The second-order valence-electron chi connectivity index (χ2n) is 6.37. The largest absolute Gasteiger partial charge is 0.416 e. The summed E-state index contributed by atoms with van der Waals surface area (Å²) in [6, 6.07) is 5.63. The SMILES string of the molecule is C[C@H]1CCCC[C@@H]1NC(=S)N(C)Cc1ccc(C(F)(F)F)cc1. The van der Waals surface area contributed by atoms with Gasteiger partial charge in [0.1, 0.15) is 0 Å². The molecule has 2 atom stereocenters. The number of thiocarbonyl (C=S) groups is 1. The van der Waals surface area contributed by atoms with E-state index in [-0.39, 0.29) is 0 Å². The number of rotatable bonds is 3. The molecule has 0 unspecified atom stereocenters. The fraction of sp³-hybridized carbons (Fsp3) is 0.588. The van der Waals surface area contributed by atoms with Crippen molar-refractivity contribution < 1.29 is 13.2 Å². The minimum atomic E-state index is -4.29. The number of benzene rings is 1. The summed E-state index contributed by atoms with van der Waals surface area (Å²) in [5, 5.41) is 4.06. The third-order valence-corrected chi connectivity index (χ3v) is 4.90. The fourth-order valence-corrected chi connectivity index (χ4v) is 3.16. The molecule has 0 amide bonds. The van der Waals surface area contributed by atoms with Gasteiger partial charge in [0.05, 0.1) is 5.56 Å².